The number of nitrogens with zero attached hydrogens (tertiary/aromatic N) is 5. The molecule has 1 amide bonds. The van der Waals surface area contributed by atoms with Gasteiger partial charge in [0.25, 0.3) is 5.91 Å². The molecule has 0 unspecified atom stereocenters. The van der Waals surface area contributed by atoms with Crippen LogP contribution < -0.4 is 15.5 Å². The maximum atomic E-state index is 12.8. The van der Waals surface area contributed by atoms with Gasteiger partial charge in [0.2, 0.25) is 5.95 Å². The summed E-state index contributed by atoms with van der Waals surface area (Å²) in [6, 6.07) is 10.4. The minimum Gasteiger partial charge on any atom is -0.362 e. The van der Waals surface area contributed by atoms with Crippen molar-refractivity contribution in [3.05, 3.63) is 41.7 Å². The molecule has 8 nitrogen and oxygen atoms in total. The molecular weight excluding hydrogens is 414 g/mol. The normalized spacial score (nSPS) is 18.8. The second-order valence-corrected chi connectivity index (χ2v) is 10.2. The zero-order chi connectivity index (χ0) is 23.8. The van der Waals surface area contributed by atoms with E-state index in [1.165, 1.54) is 0 Å². The molecule has 1 aliphatic carbocycles. The van der Waals surface area contributed by atoms with Crippen LogP contribution in [0.3, 0.4) is 0 Å². The van der Waals surface area contributed by atoms with Crippen LogP contribution >= 0.6 is 0 Å². The molecule has 176 valence electrons. The molecule has 3 aromatic rings. The van der Waals surface area contributed by atoms with Gasteiger partial charge in [0.1, 0.15) is 11.5 Å². The summed E-state index contributed by atoms with van der Waals surface area (Å²) in [5, 5.41) is 12.3. The number of amides is 1. The molecule has 0 atom stereocenters. The monoisotopic (exact) mass is 449 g/mol. The highest BCUT2D eigenvalue weighted by atomic mass is 16.2. The molecule has 1 fully saturated rings. The second-order valence-electron chi connectivity index (χ2n) is 10.2. The van der Waals surface area contributed by atoms with Gasteiger partial charge in [-0.3, -0.25) is 9.48 Å². The Bertz CT molecular complexity index is 1140. The SMILES string of the molecule is Cc1cc(C(=O)N[C@H]2CC[C@@H](Nc3nc(N(C)C)c4ccccc4n3)CC2)nn1C(C)(C)C. The summed E-state index contributed by atoms with van der Waals surface area (Å²) in [4.78, 5) is 24.3. The molecule has 2 heterocycles. The molecule has 0 saturated heterocycles. The van der Waals surface area contributed by atoms with Crippen LogP contribution in [0.4, 0.5) is 11.8 Å². The van der Waals surface area contributed by atoms with Crippen LogP contribution in [0.1, 0.15) is 62.6 Å². The first kappa shape index (κ1) is 23.0. The molecule has 2 aromatic heterocycles. The van der Waals surface area contributed by atoms with Crippen molar-refractivity contribution in [2.45, 2.75) is 71.0 Å². The fourth-order valence-electron chi connectivity index (χ4n) is 4.55. The summed E-state index contributed by atoms with van der Waals surface area (Å²) in [6.45, 7) is 8.25. The number of para-hydroxylation sites is 1. The maximum absolute atomic E-state index is 12.8. The summed E-state index contributed by atoms with van der Waals surface area (Å²) >= 11 is 0. The van der Waals surface area contributed by atoms with Crippen molar-refractivity contribution >= 4 is 28.6 Å². The third-order valence-corrected chi connectivity index (χ3v) is 6.16. The third kappa shape index (κ3) is 5.10. The van der Waals surface area contributed by atoms with Crippen LogP contribution in [-0.2, 0) is 5.54 Å². The standard InChI is InChI=1S/C25H35N7O/c1-16-15-21(30-32(16)25(2,3)4)23(33)26-17-11-13-18(14-12-17)27-24-28-20-10-8-7-9-19(20)22(29-24)31(5)6/h7-10,15,17-18H,11-14H2,1-6H3,(H,26,33)(H,27,28,29)/t17-,18+. The van der Waals surface area contributed by atoms with Gasteiger partial charge in [-0.1, -0.05) is 12.1 Å². The van der Waals surface area contributed by atoms with Crippen molar-refractivity contribution < 1.29 is 4.79 Å². The highest BCUT2D eigenvalue weighted by Gasteiger charge is 2.26. The number of hydrogen-bond acceptors (Lipinski definition) is 6. The predicted octanol–water partition coefficient (Wildman–Crippen LogP) is 4.11. The van der Waals surface area contributed by atoms with E-state index in [0.29, 0.717) is 11.6 Å². The number of aromatic nitrogens is 4. The number of carbonyl (C=O) groups excluding carboxylic acids is 1. The molecule has 1 aliphatic rings. The zero-order valence-electron chi connectivity index (χ0n) is 20.5. The van der Waals surface area contributed by atoms with Crippen molar-refractivity contribution in [2.24, 2.45) is 0 Å². The zero-order valence-corrected chi connectivity index (χ0v) is 20.5. The minimum atomic E-state index is -0.149. The molecule has 4 rings (SSSR count). The number of rotatable bonds is 5. The van der Waals surface area contributed by atoms with Gasteiger partial charge in [-0.25, -0.2) is 4.98 Å². The first-order valence-electron chi connectivity index (χ1n) is 11.7. The Morgan fingerprint density at radius 3 is 2.36 bits per heavy atom. The van der Waals surface area contributed by atoms with Gasteiger partial charge in [0.15, 0.2) is 0 Å². The molecule has 2 N–H and O–H groups in total. The number of hydrogen-bond donors (Lipinski definition) is 2. The minimum absolute atomic E-state index is 0.0917. The van der Waals surface area contributed by atoms with Crippen molar-refractivity contribution in [1.29, 1.82) is 0 Å². The van der Waals surface area contributed by atoms with Crippen LogP contribution in [-0.4, -0.2) is 51.8 Å². The van der Waals surface area contributed by atoms with E-state index in [2.05, 4.69) is 36.5 Å². The smallest absolute Gasteiger partial charge is 0.272 e. The first-order chi connectivity index (χ1) is 15.6. The molecule has 8 heteroatoms. The second kappa shape index (κ2) is 9.00. The fraction of sp³-hybridized carbons (Fsp3) is 0.520. The van der Waals surface area contributed by atoms with Crippen LogP contribution in [0.5, 0.6) is 0 Å². The van der Waals surface area contributed by atoms with Crippen molar-refractivity contribution in [3.8, 4) is 0 Å². The largest absolute Gasteiger partial charge is 0.362 e. The number of aryl methyl sites for hydroxylation is 1. The molecule has 0 aliphatic heterocycles. The van der Waals surface area contributed by atoms with E-state index >= 15 is 0 Å². The topological polar surface area (TPSA) is 88.0 Å². The Morgan fingerprint density at radius 2 is 1.73 bits per heavy atom. The van der Waals surface area contributed by atoms with E-state index in [1.807, 2.05) is 60.9 Å². The van der Waals surface area contributed by atoms with E-state index in [4.69, 9.17) is 9.97 Å². The lowest BCUT2D eigenvalue weighted by Gasteiger charge is -2.29. The van der Waals surface area contributed by atoms with E-state index in [-0.39, 0.29) is 23.5 Å². The van der Waals surface area contributed by atoms with Crippen LogP contribution in [0.15, 0.2) is 30.3 Å². The van der Waals surface area contributed by atoms with E-state index in [0.717, 1.165) is 48.1 Å². The number of anilines is 2. The fourth-order valence-corrected chi connectivity index (χ4v) is 4.55. The molecular formula is C25H35N7O. The van der Waals surface area contributed by atoms with Crippen molar-refractivity contribution in [3.63, 3.8) is 0 Å². The molecule has 33 heavy (non-hydrogen) atoms. The van der Waals surface area contributed by atoms with E-state index in [9.17, 15) is 4.79 Å². The highest BCUT2D eigenvalue weighted by Crippen LogP contribution is 2.26. The van der Waals surface area contributed by atoms with Gasteiger partial charge in [0.05, 0.1) is 11.1 Å². The lowest BCUT2D eigenvalue weighted by Crippen LogP contribution is -2.40. The Morgan fingerprint density at radius 1 is 1.06 bits per heavy atom. The summed E-state index contributed by atoms with van der Waals surface area (Å²) in [6.07, 6.45) is 3.73. The Labute approximate surface area is 195 Å². The summed E-state index contributed by atoms with van der Waals surface area (Å²) in [5.74, 6) is 1.48. The lowest BCUT2D eigenvalue weighted by atomic mass is 9.91. The Kier molecular flexibility index (Phi) is 6.28. The molecule has 0 spiro atoms. The first-order valence-corrected chi connectivity index (χ1v) is 11.7. The van der Waals surface area contributed by atoms with Gasteiger partial charge in [-0.15, -0.1) is 0 Å². The van der Waals surface area contributed by atoms with E-state index in [1.54, 1.807) is 0 Å². The Balaban J connectivity index is 1.36. The maximum Gasteiger partial charge on any atom is 0.272 e. The number of nitrogens with one attached hydrogen (secondary N) is 2. The average Bonchev–Trinajstić information content (AvgIpc) is 3.17. The van der Waals surface area contributed by atoms with E-state index < -0.39 is 0 Å². The molecule has 0 radical (unpaired) electrons. The van der Waals surface area contributed by atoms with Gasteiger partial charge >= 0.3 is 0 Å². The Hall–Kier alpha value is -3.16. The predicted molar refractivity (Wildman–Crippen MR) is 133 cm³/mol. The summed E-state index contributed by atoms with van der Waals surface area (Å²) < 4.78 is 1.91. The third-order valence-electron chi connectivity index (χ3n) is 6.16. The molecule has 1 aromatic carbocycles. The van der Waals surface area contributed by atoms with Crippen LogP contribution in [0, 0.1) is 6.92 Å². The van der Waals surface area contributed by atoms with Gasteiger partial charge in [-0.05, 0) is 71.6 Å². The van der Waals surface area contributed by atoms with Gasteiger partial charge < -0.3 is 15.5 Å². The lowest BCUT2D eigenvalue weighted by molar-refractivity contribution is 0.0920. The molecule has 1 saturated carbocycles. The number of carbonyl (C=O) groups is 1. The average molecular weight is 450 g/mol. The van der Waals surface area contributed by atoms with Gasteiger partial charge in [-0.2, -0.15) is 10.1 Å². The quantitative estimate of drug-likeness (QED) is 0.610. The summed E-state index contributed by atoms with van der Waals surface area (Å²) in [5.41, 5.74) is 2.27. The van der Waals surface area contributed by atoms with Crippen LogP contribution in [0.25, 0.3) is 10.9 Å². The molecule has 0 bridgehead atoms. The van der Waals surface area contributed by atoms with Crippen molar-refractivity contribution in [2.75, 3.05) is 24.3 Å². The highest BCUT2D eigenvalue weighted by molar-refractivity contribution is 5.92. The van der Waals surface area contributed by atoms with Crippen molar-refractivity contribution in [1.82, 2.24) is 25.1 Å². The summed E-state index contributed by atoms with van der Waals surface area (Å²) in [7, 11) is 4.00. The van der Waals surface area contributed by atoms with Gasteiger partial charge in [0, 0.05) is 37.3 Å². The van der Waals surface area contributed by atoms with Crippen LogP contribution in [0.2, 0.25) is 0 Å². The number of fused-ring (bicyclic) bond motifs is 1. The number of benzene rings is 1.